The minimum absolute atomic E-state index is 0.0745. The van der Waals surface area contributed by atoms with E-state index < -0.39 is 0 Å². The van der Waals surface area contributed by atoms with E-state index in [4.69, 9.17) is 10.00 Å². The Balaban J connectivity index is 2.88. The first-order valence-corrected chi connectivity index (χ1v) is 4.06. The smallest absolute Gasteiger partial charge is 0.137 e. The Morgan fingerprint density at radius 1 is 1.54 bits per heavy atom. The summed E-state index contributed by atoms with van der Waals surface area (Å²) >= 11 is 0. The maximum Gasteiger partial charge on any atom is 0.137 e. The van der Waals surface area contributed by atoms with Gasteiger partial charge in [0.15, 0.2) is 0 Å². The average Bonchev–Trinajstić information content (AvgIpc) is 2.18. The molecule has 0 bridgehead atoms. The molecule has 0 aliphatic heterocycles. The van der Waals surface area contributed by atoms with Gasteiger partial charge in [-0.15, -0.1) is 0 Å². The van der Waals surface area contributed by atoms with Crippen molar-refractivity contribution in [3.8, 4) is 11.8 Å². The van der Waals surface area contributed by atoms with E-state index in [0.717, 1.165) is 0 Å². The molecule has 13 heavy (non-hydrogen) atoms. The molecule has 0 aromatic heterocycles. The van der Waals surface area contributed by atoms with Crippen LogP contribution in [-0.4, -0.2) is 6.10 Å². The number of rotatable bonds is 3. The topological polar surface area (TPSA) is 33.0 Å². The Kier molecular flexibility index (Phi) is 3.10. The third kappa shape index (κ3) is 2.34. The maximum absolute atomic E-state index is 8.75. The Hall–Kier alpha value is -1.75. The highest BCUT2D eigenvalue weighted by atomic mass is 16.5. The molecular weight excluding hydrogens is 162 g/mol. The number of nitriles is 1. The summed E-state index contributed by atoms with van der Waals surface area (Å²) in [6.07, 6.45) is 1.61. The van der Waals surface area contributed by atoms with Crippen LogP contribution in [0.2, 0.25) is 0 Å². The molecule has 2 heteroatoms. The fourth-order valence-electron chi connectivity index (χ4n) is 0.910. The molecule has 1 aromatic rings. The molecule has 2 nitrogen and oxygen atoms in total. The second-order valence-electron chi connectivity index (χ2n) is 2.67. The molecule has 0 unspecified atom stereocenters. The van der Waals surface area contributed by atoms with Gasteiger partial charge in [-0.05, 0) is 19.1 Å². The monoisotopic (exact) mass is 173 g/mol. The van der Waals surface area contributed by atoms with E-state index in [-0.39, 0.29) is 6.10 Å². The van der Waals surface area contributed by atoms with E-state index in [2.05, 4.69) is 12.6 Å². The zero-order valence-corrected chi connectivity index (χ0v) is 7.53. The summed E-state index contributed by atoms with van der Waals surface area (Å²) in [5.74, 6) is 0.609. The van der Waals surface area contributed by atoms with Crippen LogP contribution in [0.15, 0.2) is 36.9 Å². The number of hydrogen-bond acceptors (Lipinski definition) is 2. The van der Waals surface area contributed by atoms with Gasteiger partial charge in [-0.2, -0.15) is 5.26 Å². The lowest BCUT2D eigenvalue weighted by Gasteiger charge is -2.10. The van der Waals surface area contributed by atoms with E-state index in [1.807, 2.05) is 19.1 Å². The van der Waals surface area contributed by atoms with Crippen LogP contribution in [0.4, 0.5) is 0 Å². The predicted octanol–water partition coefficient (Wildman–Crippen LogP) is 2.51. The highest BCUT2D eigenvalue weighted by Crippen LogP contribution is 2.17. The summed E-state index contributed by atoms with van der Waals surface area (Å²) in [4.78, 5) is 0. The molecule has 0 spiro atoms. The van der Waals surface area contributed by atoms with Crippen LogP contribution < -0.4 is 4.74 Å². The van der Waals surface area contributed by atoms with Crippen LogP contribution in [0.1, 0.15) is 12.5 Å². The van der Waals surface area contributed by atoms with Crippen LogP contribution in [-0.2, 0) is 0 Å². The average molecular weight is 173 g/mol. The Bertz CT molecular complexity index is 338. The molecule has 0 amide bonds. The van der Waals surface area contributed by atoms with Crippen molar-refractivity contribution in [2.75, 3.05) is 0 Å². The molecule has 0 heterocycles. The van der Waals surface area contributed by atoms with Gasteiger partial charge in [0.25, 0.3) is 0 Å². The number of benzene rings is 1. The van der Waals surface area contributed by atoms with Gasteiger partial charge in [0.05, 0.1) is 5.56 Å². The summed E-state index contributed by atoms with van der Waals surface area (Å²) in [5.41, 5.74) is 0.552. The van der Waals surface area contributed by atoms with E-state index in [1.54, 1.807) is 18.2 Å². The quantitative estimate of drug-likeness (QED) is 0.658. The van der Waals surface area contributed by atoms with Gasteiger partial charge in [-0.1, -0.05) is 24.8 Å². The Morgan fingerprint density at radius 2 is 2.23 bits per heavy atom. The van der Waals surface area contributed by atoms with Crippen molar-refractivity contribution in [2.24, 2.45) is 0 Å². The van der Waals surface area contributed by atoms with Crippen LogP contribution in [0.25, 0.3) is 0 Å². The minimum Gasteiger partial charge on any atom is -0.485 e. The summed E-state index contributed by atoms with van der Waals surface area (Å²) in [5, 5.41) is 8.75. The lowest BCUT2D eigenvalue weighted by atomic mass is 10.2. The van der Waals surface area contributed by atoms with E-state index in [1.165, 1.54) is 0 Å². The molecule has 0 aliphatic carbocycles. The summed E-state index contributed by atoms with van der Waals surface area (Å²) in [7, 11) is 0. The van der Waals surface area contributed by atoms with Gasteiger partial charge >= 0.3 is 0 Å². The highest BCUT2D eigenvalue weighted by Gasteiger charge is 2.03. The fourth-order valence-corrected chi connectivity index (χ4v) is 0.910. The van der Waals surface area contributed by atoms with Crippen molar-refractivity contribution in [1.29, 1.82) is 5.26 Å². The zero-order valence-electron chi connectivity index (χ0n) is 7.53. The van der Waals surface area contributed by atoms with Crippen LogP contribution in [0.3, 0.4) is 0 Å². The van der Waals surface area contributed by atoms with Crippen molar-refractivity contribution < 1.29 is 4.74 Å². The fraction of sp³-hybridized carbons (Fsp3) is 0.182. The number of para-hydroxylation sites is 1. The zero-order chi connectivity index (χ0) is 9.68. The minimum atomic E-state index is -0.0745. The van der Waals surface area contributed by atoms with E-state index >= 15 is 0 Å². The van der Waals surface area contributed by atoms with Gasteiger partial charge in [-0.25, -0.2) is 0 Å². The number of hydrogen-bond donors (Lipinski definition) is 0. The molecule has 0 saturated carbocycles. The van der Waals surface area contributed by atoms with Crippen LogP contribution in [0, 0.1) is 11.3 Å². The molecule has 0 N–H and O–H groups in total. The largest absolute Gasteiger partial charge is 0.485 e. The van der Waals surface area contributed by atoms with Gasteiger partial charge in [-0.3, -0.25) is 0 Å². The van der Waals surface area contributed by atoms with Crippen molar-refractivity contribution >= 4 is 0 Å². The SMILES string of the molecule is C=C[C@@H](C)Oc1ccccc1C#N. The van der Waals surface area contributed by atoms with Gasteiger partial charge < -0.3 is 4.74 Å². The third-order valence-corrected chi connectivity index (χ3v) is 1.65. The van der Waals surface area contributed by atoms with Crippen molar-refractivity contribution in [2.45, 2.75) is 13.0 Å². The van der Waals surface area contributed by atoms with Gasteiger partial charge in [0, 0.05) is 0 Å². The molecule has 0 aliphatic rings. The summed E-state index contributed by atoms with van der Waals surface area (Å²) < 4.78 is 5.44. The Morgan fingerprint density at radius 3 is 2.85 bits per heavy atom. The molecule has 1 atom stereocenters. The molecule has 66 valence electrons. The lowest BCUT2D eigenvalue weighted by molar-refractivity contribution is 0.269. The molecule has 0 saturated heterocycles. The second-order valence-corrected chi connectivity index (χ2v) is 2.67. The predicted molar refractivity (Wildman–Crippen MR) is 51.4 cm³/mol. The molecule has 0 radical (unpaired) electrons. The standard InChI is InChI=1S/C11H11NO/c1-3-9(2)13-11-7-5-4-6-10(11)8-12/h3-7,9H,1H2,2H3/t9-/m1/s1. The summed E-state index contributed by atoms with van der Waals surface area (Å²) in [6.45, 7) is 5.48. The molecule has 0 fully saturated rings. The van der Waals surface area contributed by atoms with Crippen molar-refractivity contribution in [1.82, 2.24) is 0 Å². The first-order chi connectivity index (χ1) is 6.27. The number of nitrogens with zero attached hydrogens (tertiary/aromatic N) is 1. The normalized spacial score (nSPS) is 11.4. The second kappa shape index (κ2) is 4.32. The summed E-state index contributed by atoms with van der Waals surface area (Å²) in [6, 6.07) is 9.22. The van der Waals surface area contributed by atoms with Gasteiger partial charge in [0.2, 0.25) is 0 Å². The first-order valence-electron chi connectivity index (χ1n) is 4.06. The van der Waals surface area contributed by atoms with Gasteiger partial charge in [0.1, 0.15) is 17.9 Å². The molecule has 1 rings (SSSR count). The van der Waals surface area contributed by atoms with E-state index in [9.17, 15) is 0 Å². The van der Waals surface area contributed by atoms with E-state index in [0.29, 0.717) is 11.3 Å². The van der Waals surface area contributed by atoms with Crippen molar-refractivity contribution in [3.63, 3.8) is 0 Å². The molecular formula is C11H11NO. The van der Waals surface area contributed by atoms with Crippen molar-refractivity contribution in [3.05, 3.63) is 42.5 Å². The first kappa shape index (κ1) is 9.34. The highest BCUT2D eigenvalue weighted by molar-refractivity contribution is 5.42. The lowest BCUT2D eigenvalue weighted by Crippen LogP contribution is -2.08. The number of ether oxygens (including phenoxy) is 1. The maximum atomic E-state index is 8.75. The third-order valence-electron chi connectivity index (χ3n) is 1.65. The molecule has 1 aromatic carbocycles. The van der Waals surface area contributed by atoms with Crippen LogP contribution in [0.5, 0.6) is 5.75 Å². The van der Waals surface area contributed by atoms with Crippen LogP contribution >= 0.6 is 0 Å². The Labute approximate surface area is 78.1 Å².